The molecule has 0 spiro atoms. The third kappa shape index (κ3) is 2.80. The van der Waals surface area contributed by atoms with Gasteiger partial charge >= 0.3 is 0 Å². The van der Waals surface area contributed by atoms with E-state index in [1.807, 2.05) is 25.1 Å². The predicted octanol–water partition coefficient (Wildman–Crippen LogP) is 3.21. The molecule has 1 aromatic rings. The third-order valence-electron chi connectivity index (χ3n) is 1.83. The fourth-order valence-corrected chi connectivity index (χ4v) is 1.16. The Bertz CT molecular complexity index is 316. The van der Waals surface area contributed by atoms with Crippen LogP contribution in [0.5, 0.6) is 11.5 Å². The fourth-order valence-electron chi connectivity index (χ4n) is 1.16. The van der Waals surface area contributed by atoms with Crippen LogP contribution in [-0.2, 0) is 0 Å². The second-order valence-corrected chi connectivity index (χ2v) is 2.97. The Labute approximate surface area is 84.8 Å². The Morgan fingerprint density at radius 1 is 1.36 bits per heavy atom. The Hall–Kier alpha value is -1.44. The van der Waals surface area contributed by atoms with Crippen LogP contribution in [0.2, 0.25) is 0 Å². The third-order valence-corrected chi connectivity index (χ3v) is 1.83. The van der Waals surface area contributed by atoms with Gasteiger partial charge in [-0.05, 0) is 31.0 Å². The molecule has 0 unspecified atom stereocenters. The molecule has 0 heterocycles. The monoisotopic (exact) mass is 192 g/mol. The second-order valence-electron chi connectivity index (χ2n) is 2.97. The molecule has 0 aliphatic heterocycles. The summed E-state index contributed by atoms with van der Waals surface area (Å²) in [5.74, 6) is 0.742. The van der Waals surface area contributed by atoms with Gasteiger partial charge in [0.05, 0.1) is 6.61 Å². The SMILES string of the molecule is CCC=Cc1ccc(O)c(OCC)c1. The molecule has 1 aromatic carbocycles. The summed E-state index contributed by atoms with van der Waals surface area (Å²) in [5, 5.41) is 9.44. The Morgan fingerprint density at radius 2 is 2.14 bits per heavy atom. The molecule has 0 radical (unpaired) electrons. The maximum atomic E-state index is 9.44. The number of benzene rings is 1. The van der Waals surface area contributed by atoms with Crippen LogP contribution in [0.4, 0.5) is 0 Å². The Kier molecular flexibility index (Phi) is 4.05. The van der Waals surface area contributed by atoms with Crippen molar-refractivity contribution in [2.75, 3.05) is 6.61 Å². The minimum atomic E-state index is 0.195. The van der Waals surface area contributed by atoms with E-state index in [1.54, 1.807) is 6.07 Å². The van der Waals surface area contributed by atoms with Crippen LogP contribution < -0.4 is 4.74 Å². The molecule has 0 aromatic heterocycles. The predicted molar refractivity (Wildman–Crippen MR) is 58.6 cm³/mol. The van der Waals surface area contributed by atoms with Crippen LogP contribution in [0.15, 0.2) is 24.3 Å². The van der Waals surface area contributed by atoms with Crippen molar-refractivity contribution in [1.82, 2.24) is 0 Å². The molecule has 0 amide bonds. The van der Waals surface area contributed by atoms with Crippen molar-refractivity contribution in [1.29, 1.82) is 0 Å². The van der Waals surface area contributed by atoms with Crippen LogP contribution in [-0.4, -0.2) is 11.7 Å². The lowest BCUT2D eigenvalue weighted by atomic mass is 10.2. The minimum absolute atomic E-state index is 0.195. The number of ether oxygens (including phenoxy) is 1. The standard InChI is InChI=1S/C12H16O2/c1-3-5-6-10-7-8-11(13)12(9-10)14-4-2/h5-9,13H,3-4H2,1-2H3. The zero-order valence-electron chi connectivity index (χ0n) is 8.66. The number of rotatable bonds is 4. The van der Waals surface area contributed by atoms with E-state index >= 15 is 0 Å². The minimum Gasteiger partial charge on any atom is -0.504 e. The summed E-state index contributed by atoms with van der Waals surface area (Å²) in [5.41, 5.74) is 1.05. The molecule has 2 heteroatoms. The van der Waals surface area contributed by atoms with E-state index in [0.717, 1.165) is 12.0 Å². The molecule has 76 valence electrons. The van der Waals surface area contributed by atoms with E-state index in [4.69, 9.17) is 4.74 Å². The van der Waals surface area contributed by atoms with Crippen LogP contribution in [0.3, 0.4) is 0 Å². The number of allylic oxidation sites excluding steroid dienone is 1. The van der Waals surface area contributed by atoms with E-state index in [1.165, 1.54) is 0 Å². The smallest absolute Gasteiger partial charge is 0.161 e. The van der Waals surface area contributed by atoms with E-state index < -0.39 is 0 Å². The Morgan fingerprint density at radius 3 is 2.79 bits per heavy atom. The van der Waals surface area contributed by atoms with Gasteiger partial charge in [0, 0.05) is 0 Å². The average Bonchev–Trinajstić information content (AvgIpc) is 2.19. The quantitative estimate of drug-likeness (QED) is 0.793. The summed E-state index contributed by atoms with van der Waals surface area (Å²) >= 11 is 0. The van der Waals surface area contributed by atoms with Crippen molar-refractivity contribution in [2.45, 2.75) is 20.3 Å². The first-order valence-corrected chi connectivity index (χ1v) is 4.90. The summed E-state index contributed by atoms with van der Waals surface area (Å²) in [6.07, 6.45) is 5.09. The number of phenols is 1. The lowest BCUT2D eigenvalue weighted by molar-refractivity contribution is 0.318. The van der Waals surface area contributed by atoms with Gasteiger partial charge < -0.3 is 9.84 Å². The van der Waals surface area contributed by atoms with Crippen molar-refractivity contribution in [3.63, 3.8) is 0 Å². The highest BCUT2D eigenvalue weighted by Gasteiger charge is 2.00. The summed E-state index contributed by atoms with van der Waals surface area (Å²) in [7, 11) is 0. The highest BCUT2D eigenvalue weighted by atomic mass is 16.5. The topological polar surface area (TPSA) is 29.5 Å². The van der Waals surface area contributed by atoms with E-state index in [2.05, 4.69) is 13.0 Å². The first-order valence-electron chi connectivity index (χ1n) is 4.90. The molecule has 14 heavy (non-hydrogen) atoms. The maximum Gasteiger partial charge on any atom is 0.161 e. The molecule has 1 rings (SSSR count). The summed E-state index contributed by atoms with van der Waals surface area (Å²) in [6.45, 7) is 4.54. The second kappa shape index (κ2) is 5.32. The van der Waals surface area contributed by atoms with Crippen molar-refractivity contribution in [2.24, 2.45) is 0 Å². The van der Waals surface area contributed by atoms with Crippen LogP contribution >= 0.6 is 0 Å². The molecule has 0 aliphatic rings. The van der Waals surface area contributed by atoms with Gasteiger partial charge in [-0.3, -0.25) is 0 Å². The number of hydrogen-bond acceptors (Lipinski definition) is 2. The molecule has 0 saturated carbocycles. The van der Waals surface area contributed by atoms with Gasteiger partial charge in [0.2, 0.25) is 0 Å². The summed E-state index contributed by atoms with van der Waals surface area (Å²) in [6, 6.07) is 5.36. The lowest BCUT2D eigenvalue weighted by Crippen LogP contribution is -1.91. The normalized spacial score (nSPS) is 10.7. The van der Waals surface area contributed by atoms with Gasteiger partial charge in [0.15, 0.2) is 11.5 Å². The van der Waals surface area contributed by atoms with Gasteiger partial charge in [0.25, 0.3) is 0 Å². The van der Waals surface area contributed by atoms with Crippen molar-refractivity contribution in [3.05, 3.63) is 29.8 Å². The first kappa shape index (κ1) is 10.6. The largest absolute Gasteiger partial charge is 0.504 e. The molecule has 0 aliphatic carbocycles. The average molecular weight is 192 g/mol. The van der Waals surface area contributed by atoms with Gasteiger partial charge in [0.1, 0.15) is 0 Å². The highest BCUT2D eigenvalue weighted by Crippen LogP contribution is 2.27. The number of phenolic OH excluding ortho intramolecular Hbond substituents is 1. The molecular weight excluding hydrogens is 176 g/mol. The van der Waals surface area contributed by atoms with Gasteiger partial charge in [-0.1, -0.05) is 25.1 Å². The molecule has 2 nitrogen and oxygen atoms in total. The van der Waals surface area contributed by atoms with Crippen molar-refractivity contribution < 1.29 is 9.84 Å². The van der Waals surface area contributed by atoms with Gasteiger partial charge in [-0.2, -0.15) is 0 Å². The molecule has 0 fully saturated rings. The lowest BCUT2D eigenvalue weighted by Gasteiger charge is -2.05. The van der Waals surface area contributed by atoms with Crippen LogP contribution in [0, 0.1) is 0 Å². The summed E-state index contributed by atoms with van der Waals surface area (Å²) < 4.78 is 5.27. The van der Waals surface area contributed by atoms with E-state index in [9.17, 15) is 5.11 Å². The Balaban J connectivity index is 2.88. The molecular formula is C12H16O2. The number of aromatic hydroxyl groups is 1. The molecule has 0 bridgehead atoms. The van der Waals surface area contributed by atoms with E-state index in [-0.39, 0.29) is 5.75 Å². The van der Waals surface area contributed by atoms with Crippen LogP contribution in [0.1, 0.15) is 25.8 Å². The zero-order valence-corrected chi connectivity index (χ0v) is 8.66. The van der Waals surface area contributed by atoms with Gasteiger partial charge in [-0.15, -0.1) is 0 Å². The summed E-state index contributed by atoms with van der Waals surface area (Å²) in [4.78, 5) is 0. The van der Waals surface area contributed by atoms with Gasteiger partial charge in [-0.25, -0.2) is 0 Å². The van der Waals surface area contributed by atoms with Crippen molar-refractivity contribution >= 4 is 6.08 Å². The van der Waals surface area contributed by atoms with Crippen LogP contribution in [0.25, 0.3) is 6.08 Å². The molecule has 1 N–H and O–H groups in total. The number of hydrogen-bond donors (Lipinski definition) is 1. The first-order chi connectivity index (χ1) is 6.77. The zero-order chi connectivity index (χ0) is 10.4. The van der Waals surface area contributed by atoms with Crippen molar-refractivity contribution in [3.8, 4) is 11.5 Å². The fraction of sp³-hybridized carbons (Fsp3) is 0.333. The van der Waals surface area contributed by atoms with E-state index in [0.29, 0.717) is 12.4 Å². The molecule has 0 atom stereocenters. The maximum absolute atomic E-state index is 9.44. The molecule has 0 saturated heterocycles. The highest BCUT2D eigenvalue weighted by molar-refractivity contribution is 5.55.